The summed E-state index contributed by atoms with van der Waals surface area (Å²) in [4.78, 5) is 0. The molecule has 1 rings (SSSR count). The molecule has 58 valence electrons. The summed E-state index contributed by atoms with van der Waals surface area (Å²) in [5, 5.41) is 12.4. The van der Waals surface area contributed by atoms with Crippen molar-refractivity contribution in [2.24, 2.45) is 5.73 Å². The van der Waals surface area contributed by atoms with Crippen molar-refractivity contribution >= 4 is 0 Å². The van der Waals surface area contributed by atoms with Gasteiger partial charge in [0.15, 0.2) is 0 Å². The van der Waals surface area contributed by atoms with Crippen LogP contribution in [0.4, 0.5) is 0 Å². The van der Waals surface area contributed by atoms with Crippen LogP contribution in [0.1, 0.15) is 5.69 Å². The van der Waals surface area contributed by atoms with E-state index in [0.717, 1.165) is 5.69 Å². The molecule has 0 amide bonds. The third-order valence-corrected chi connectivity index (χ3v) is 1.46. The quantitative estimate of drug-likeness (QED) is 0.647. The number of aromatic nitrogens is 2. The van der Waals surface area contributed by atoms with Crippen LogP contribution in [0, 0.1) is 18.3 Å². The molecule has 0 saturated carbocycles. The predicted molar refractivity (Wildman–Crippen MR) is 40.6 cm³/mol. The van der Waals surface area contributed by atoms with Gasteiger partial charge < -0.3 is 5.73 Å². The van der Waals surface area contributed by atoms with E-state index >= 15 is 0 Å². The van der Waals surface area contributed by atoms with Gasteiger partial charge in [0.05, 0.1) is 12.6 Å². The van der Waals surface area contributed by atoms with Crippen LogP contribution in [0.3, 0.4) is 0 Å². The third-order valence-electron chi connectivity index (χ3n) is 1.46. The minimum atomic E-state index is -0.464. The van der Waals surface area contributed by atoms with Gasteiger partial charge in [-0.25, -0.2) is 0 Å². The van der Waals surface area contributed by atoms with Gasteiger partial charge in [0.25, 0.3) is 0 Å². The van der Waals surface area contributed by atoms with Gasteiger partial charge in [-0.2, -0.15) is 10.4 Å². The van der Waals surface area contributed by atoms with Gasteiger partial charge >= 0.3 is 0 Å². The molecule has 1 atom stereocenters. The van der Waals surface area contributed by atoms with Crippen LogP contribution in [-0.4, -0.2) is 15.8 Å². The molecule has 1 aromatic heterocycles. The van der Waals surface area contributed by atoms with Gasteiger partial charge in [-0.3, -0.25) is 4.68 Å². The zero-order valence-corrected chi connectivity index (χ0v) is 6.36. The maximum Gasteiger partial charge on any atom is 0.113 e. The number of hydrogen-bond donors (Lipinski definition) is 1. The Kier molecular flexibility index (Phi) is 2.24. The molecule has 1 aromatic rings. The Morgan fingerprint density at radius 1 is 1.91 bits per heavy atom. The van der Waals surface area contributed by atoms with Crippen molar-refractivity contribution in [3.05, 3.63) is 18.0 Å². The van der Waals surface area contributed by atoms with E-state index in [2.05, 4.69) is 5.10 Å². The molecule has 1 unspecified atom stereocenters. The fourth-order valence-corrected chi connectivity index (χ4v) is 0.817. The van der Waals surface area contributed by atoms with Gasteiger partial charge in [0.2, 0.25) is 0 Å². The van der Waals surface area contributed by atoms with Crippen LogP contribution in [-0.2, 0) is 6.54 Å². The Labute approximate surface area is 65.2 Å². The molecule has 0 saturated heterocycles. The van der Waals surface area contributed by atoms with Crippen molar-refractivity contribution in [3.63, 3.8) is 0 Å². The number of rotatable bonds is 2. The zero-order chi connectivity index (χ0) is 8.27. The van der Waals surface area contributed by atoms with E-state index in [1.165, 1.54) is 0 Å². The van der Waals surface area contributed by atoms with Crippen molar-refractivity contribution in [2.45, 2.75) is 19.5 Å². The molecule has 0 aliphatic heterocycles. The molecule has 0 aromatic carbocycles. The van der Waals surface area contributed by atoms with E-state index in [-0.39, 0.29) is 0 Å². The summed E-state index contributed by atoms with van der Waals surface area (Å²) < 4.78 is 1.72. The smallest absolute Gasteiger partial charge is 0.113 e. The molecular weight excluding hydrogens is 140 g/mol. The average Bonchev–Trinajstić information content (AvgIpc) is 2.37. The molecule has 1 heterocycles. The Morgan fingerprint density at radius 2 is 2.64 bits per heavy atom. The molecule has 0 radical (unpaired) electrons. The highest BCUT2D eigenvalue weighted by molar-refractivity contribution is 4.98. The summed E-state index contributed by atoms with van der Waals surface area (Å²) >= 11 is 0. The first-order valence-electron chi connectivity index (χ1n) is 3.37. The van der Waals surface area contributed by atoms with Gasteiger partial charge in [0.1, 0.15) is 6.04 Å². The van der Waals surface area contributed by atoms with Crippen molar-refractivity contribution in [3.8, 4) is 6.07 Å². The van der Waals surface area contributed by atoms with E-state index in [9.17, 15) is 0 Å². The molecule has 0 fully saturated rings. The van der Waals surface area contributed by atoms with Gasteiger partial charge in [-0.1, -0.05) is 0 Å². The molecule has 0 spiro atoms. The topological polar surface area (TPSA) is 67.6 Å². The molecule has 4 heteroatoms. The highest BCUT2D eigenvalue weighted by atomic mass is 15.3. The average molecular weight is 150 g/mol. The van der Waals surface area contributed by atoms with Gasteiger partial charge in [0, 0.05) is 11.9 Å². The Bertz CT molecular complexity index is 270. The summed E-state index contributed by atoms with van der Waals surface area (Å²) in [6, 6.07) is 3.36. The van der Waals surface area contributed by atoms with E-state index < -0.39 is 6.04 Å². The van der Waals surface area contributed by atoms with Crippen molar-refractivity contribution in [2.75, 3.05) is 0 Å². The second kappa shape index (κ2) is 3.17. The van der Waals surface area contributed by atoms with E-state index in [1.807, 2.05) is 19.1 Å². The lowest BCUT2D eigenvalue weighted by atomic mass is 10.3. The fourth-order valence-electron chi connectivity index (χ4n) is 0.817. The molecule has 2 N–H and O–H groups in total. The summed E-state index contributed by atoms with van der Waals surface area (Å²) in [6.07, 6.45) is 1.69. The van der Waals surface area contributed by atoms with Crippen LogP contribution in [0.5, 0.6) is 0 Å². The molecular formula is C7H10N4. The standard InChI is InChI=1S/C7H10N4/c1-6-2-3-10-11(6)5-7(9)4-8/h2-3,7H,5,9H2,1H3. The Hall–Kier alpha value is -1.34. The maximum atomic E-state index is 8.41. The summed E-state index contributed by atoms with van der Waals surface area (Å²) in [5.74, 6) is 0. The van der Waals surface area contributed by atoms with Crippen molar-refractivity contribution in [1.82, 2.24) is 9.78 Å². The summed E-state index contributed by atoms with van der Waals surface area (Å²) in [6.45, 7) is 2.40. The fraction of sp³-hybridized carbons (Fsp3) is 0.429. The molecule has 4 nitrogen and oxygen atoms in total. The number of nitrogens with two attached hydrogens (primary N) is 1. The highest BCUT2D eigenvalue weighted by Gasteiger charge is 2.02. The molecule has 0 bridgehead atoms. The predicted octanol–water partition coefficient (Wildman–Crippen LogP) is 0.0424. The number of nitriles is 1. The summed E-state index contributed by atoms with van der Waals surface area (Å²) in [5.41, 5.74) is 6.43. The number of aryl methyl sites for hydroxylation is 1. The lowest BCUT2D eigenvalue weighted by molar-refractivity contribution is 0.561. The second-order valence-electron chi connectivity index (χ2n) is 2.39. The Balaban J connectivity index is 2.66. The summed E-state index contributed by atoms with van der Waals surface area (Å²) in [7, 11) is 0. The third kappa shape index (κ3) is 1.79. The molecule has 0 aliphatic rings. The minimum absolute atomic E-state index is 0.464. The highest BCUT2D eigenvalue weighted by Crippen LogP contribution is 1.95. The zero-order valence-electron chi connectivity index (χ0n) is 6.36. The largest absolute Gasteiger partial charge is 0.314 e. The van der Waals surface area contributed by atoms with Crippen LogP contribution in [0.15, 0.2) is 12.3 Å². The molecule has 0 aliphatic carbocycles. The first-order chi connectivity index (χ1) is 5.24. The first kappa shape index (κ1) is 7.76. The van der Waals surface area contributed by atoms with E-state index in [4.69, 9.17) is 11.0 Å². The van der Waals surface area contributed by atoms with Crippen molar-refractivity contribution in [1.29, 1.82) is 5.26 Å². The minimum Gasteiger partial charge on any atom is -0.314 e. The van der Waals surface area contributed by atoms with E-state index in [0.29, 0.717) is 6.54 Å². The van der Waals surface area contributed by atoms with E-state index in [1.54, 1.807) is 10.9 Å². The van der Waals surface area contributed by atoms with Crippen LogP contribution >= 0.6 is 0 Å². The van der Waals surface area contributed by atoms with Crippen LogP contribution in [0.2, 0.25) is 0 Å². The van der Waals surface area contributed by atoms with Gasteiger partial charge in [-0.15, -0.1) is 0 Å². The lowest BCUT2D eigenvalue weighted by Gasteiger charge is -2.04. The SMILES string of the molecule is Cc1ccnn1CC(N)C#N. The molecule has 11 heavy (non-hydrogen) atoms. The Morgan fingerprint density at radius 3 is 3.09 bits per heavy atom. The lowest BCUT2D eigenvalue weighted by Crippen LogP contribution is -2.25. The number of nitrogens with zero attached hydrogens (tertiary/aromatic N) is 3. The van der Waals surface area contributed by atoms with Crippen LogP contribution in [0.25, 0.3) is 0 Å². The monoisotopic (exact) mass is 150 g/mol. The first-order valence-corrected chi connectivity index (χ1v) is 3.37. The normalized spacial score (nSPS) is 12.5. The van der Waals surface area contributed by atoms with Gasteiger partial charge in [-0.05, 0) is 13.0 Å². The van der Waals surface area contributed by atoms with Crippen LogP contribution < -0.4 is 5.73 Å². The van der Waals surface area contributed by atoms with Crippen molar-refractivity contribution < 1.29 is 0 Å². The second-order valence-corrected chi connectivity index (χ2v) is 2.39. The number of hydrogen-bond acceptors (Lipinski definition) is 3. The maximum absolute atomic E-state index is 8.41.